The number of ether oxygens (including phenoxy) is 2. The van der Waals surface area contributed by atoms with Gasteiger partial charge in [-0.15, -0.1) is 0 Å². The Kier molecular flexibility index (Phi) is 6.05. The number of nitrogens with zero attached hydrogens (tertiary/aromatic N) is 2. The molecule has 2 N–H and O–H groups in total. The van der Waals surface area contributed by atoms with E-state index in [4.69, 9.17) is 15.2 Å². The van der Waals surface area contributed by atoms with Crippen molar-refractivity contribution in [1.82, 2.24) is 9.97 Å². The highest BCUT2D eigenvalue weighted by Crippen LogP contribution is 2.31. The minimum atomic E-state index is -1.27. The number of aromatic nitrogens is 2. The molecule has 0 amide bonds. The second-order valence-electron chi connectivity index (χ2n) is 5.22. The molecule has 1 aromatic carbocycles. The highest BCUT2D eigenvalue weighted by atomic mass is 16.5. The maximum atomic E-state index is 12.9. The fourth-order valence-electron chi connectivity index (χ4n) is 2.38. The number of Topliss-reactive ketones (excluding diaryl/α,β-unsaturated/α-hetero) is 1. The predicted molar refractivity (Wildman–Crippen MR) is 92.5 cm³/mol. The molecule has 1 atom stereocenters. The molecule has 7 nitrogen and oxygen atoms in total. The van der Waals surface area contributed by atoms with Crippen LogP contribution in [0.5, 0.6) is 5.88 Å². The molecule has 1 aromatic heterocycles. The number of esters is 1. The van der Waals surface area contributed by atoms with Gasteiger partial charge in [0.1, 0.15) is 11.5 Å². The van der Waals surface area contributed by atoms with Crippen LogP contribution in [0.3, 0.4) is 0 Å². The Labute approximate surface area is 146 Å². The fraction of sp³-hybridized carbons (Fsp3) is 0.333. The number of hydrogen-bond donors (Lipinski definition) is 1. The van der Waals surface area contributed by atoms with Gasteiger partial charge in [0.15, 0.2) is 11.7 Å². The summed E-state index contributed by atoms with van der Waals surface area (Å²) in [5.41, 5.74) is 6.61. The Bertz CT molecular complexity index is 762. The summed E-state index contributed by atoms with van der Waals surface area (Å²) in [6.07, 6.45) is 0. The van der Waals surface area contributed by atoms with E-state index in [0.717, 1.165) is 0 Å². The van der Waals surface area contributed by atoms with Gasteiger partial charge < -0.3 is 15.2 Å². The topological polar surface area (TPSA) is 104 Å². The zero-order chi connectivity index (χ0) is 18.4. The van der Waals surface area contributed by atoms with E-state index in [2.05, 4.69) is 9.97 Å². The third-order valence-corrected chi connectivity index (χ3v) is 3.45. The minimum absolute atomic E-state index is 0.0646. The molecule has 7 heteroatoms. The van der Waals surface area contributed by atoms with Crippen LogP contribution in [0.2, 0.25) is 0 Å². The van der Waals surface area contributed by atoms with Crippen molar-refractivity contribution in [3.8, 4) is 5.88 Å². The van der Waals surface area contributed by atoms with E-state index < -0.39 is 17.7 Å². The van der Waals surface area contributed by atoms with Gasteiger partial charge in [-0.05, 0) is 20.8 Å². The van der Waals surface area contributed by atoms with Gasteiger partial charge in [-0.25, -0.2) is 4.98 Å². The number of nitrogen functional groups attached to an aromatic ring is 1. The average molecular weight is 343 g/mol. The number of carbonyl (C=O) groups excluding carboxylic acids is 2. The molecule has 0 bridgehead atoms. The van der Waals surface area contributed by atoms with Gasteiger partial charge in [0.2, 0.25) is 5.88 Å². The molecule has 25 heavy (non-hydrogen) atoms. The molecule has 2 rings (SSSR count). The molecule has 0 saturated carbocycles. The summed E-state index contributed by atoms with van der Waals surface area (Å²) < 4.78 is 10.5. The van der Waals surface area contributed by atoms with Gasteiger partial charge in [0, 0.05) is 5.56 Å². The normalized spacial score (nSPS) is 11.6. The van der Waals surface area contributed by atoms with Crippen LogP contribution in [0.1, 0.15) is 41.6 Å². The summed E-state index contributed by atoms with van der Waals surface area (Å²) >= 11 is 0. The molecule has 0 spiro atoms. The highest BCUT2D eigenvalue weighted by molar-refractivity contribution is 6.13. The van der Waals surface area contributed by atoms with Crippen LogP contribution >= 0.6 is 0 Å². The SMILES string of the molecule is CCOC(=O)C(C(=O)c1ccccc1)c1nc(C)nc(OCC)c1N. The second-order valence-corrected chi connectivity index (χ2v) is 5.22. The number of carbonyl (C=O) groups is 2. The van der Waals surface area contributed by atoms with Crippen molar-refractivity contribution in [3.63, 3.8) is 0 Å². The van der Waals surface area contributed by atoms with Crippen molar-refractivity contribution < 1.29 is 19.1 Å². The molecular formula is C18H21N3O4. The lowest BCUT2D eigenvalue weighted by atomic mass is 9.93. The van der Waals surface area contributed by atoms with Gasteiger partial charge in [0.25, 0.3) is 0 Å². The zero-order valence-corrected chi connectivity index (χ0v) is 14.5. The van der Waals surface area contributed by atoms with E-state index >= 15 is 0 Å². The van der Waals surface area contributed by atoms with Crippen molar-refractivity contribution >= 4 is 17.4 Å². The Morgan fingerprint density at radius 3 is 2.40 bits per heavy atom. The first kappa shape index (κ1) is 18.4. The average Bonchev–Trinajstić information content (AvgIpc) is 2.60. The highest BCUT2D eigenvalue weighted by Gasteiger charge is 2.35. The van der Waals surface area contributed by atoms with Gasteiger partial charge in [0.05, 0.1) is 18.9 Å². The Morgan fingerprint density at radius 2 is 1.80 bits per heavy atom. The van der Waals surface area contributed by atoms with Gasteiger partial charge >= 0.3 is 5.97 Å². The second kappa shape index (κ2) is 8.23. The standard InChI is InChI=1S/C18H21N3O4/c1-4-24-17-14(19)15(20-11(3)21-17)13(18(23)25-5-2)16(22)12-9-7-6-8-10-12/h6-10,13H,4-5,19H2,1-3H3. The van der Waals surface area contributed by atoms with Crippen LogP contribution in [-0.4, -0.2) is 34.9 Å². The van der Waals surface area contributed by atoms with E-state index in [0.29, 0.717) is 18.0 Å². The molecule has 132 valence electrons. The number of ketones is 1. The van der Waals surface area contributed by atoms with Gasteiger partial charge in [-0.2, -0.15) is 4.98 Å². The fourth-order valence-corrected chi connectivity index (χ4v) is 2.38. The molecule has 0 saturated heterocycles. The largest absolute Gasteiger partial charge is 0.476 e. The molecule has 0 aliphatic heterocycles. The lowest BCUT2D eigenvalue weighted by Crippen LogP contribution is -2.27. The third-order valence-electron chi connectivity index (χ3n) is 3.45. The summed E-state index contributed by atoms with van der Waals surface area (Å²) in [5.74, 6) is -1.92. The third kappa shape index (κ3) is 4.12. The van der Waals surface area contributed by atoms with Crippen molar-refractivity contribution in [1.29, 1.82) is 0 Å². The monoisotopic (exact) mass is 343 g/mol. The first-order chi connectivity index (χ1) is 12.0. The summed E-state index contributed by atoms with van der Waals surface area (Å²) in [6.45, 7) is 5.58. The Hall–Kier alpha value is -2.96. The number of anilines is 1. The molecule has 1 unspecified atom stereocenters. The number of aryl methyl sites for hydroxylation is 1. The molecule has 0 aliphatic carbocycles. The van der Waals surface area contributed by atoms with Crippen LogP contribution in [0.4, 0.5) is 5.69 Å². The maximum Gasteiger partial charge on any atom is 0.323 e. The van der Waals surface area contributed by atoms with Gasteiger partial charge in [-0.3, -0.25) is 9.59 Å². The molecular weight excluding hydrogens is 322 g/mol. The van der Waals surface area contributed by atoms with E-state index in [1.54, 1.807) is 51.1 Å². The summed E-state index contributed by atoms with van der Waals surface area (Å²) in [4.78, 5) is 33.8. The van der Waals surface area contributed by atoms with E-state index in [-0.39, 0.29) is 23.9 Å². The van der Waals surface area contributed by atoms with Crippen molar-refractivity contribution in [2.24, 2.45) is 0 Å². The number of rotatable bonds is 7. The summed E-state index contributed by atoms with van der Waals surface area (Å²) in [5, 5.41) is 0. The molecule has 0 fully saturated rings. The number of benzene rings is 1. The Balaban J connectivity index is 2.57. The van der Waals surface area contributed by atoms with Crippen LogP contribution < -0.4 is 10.5 Å². The van der Waals surface area contributed by atoms with Crippen LogP contribution in [0, 0.1) is 6.92 Å². The van der Waals surface area contributed by atoms with Crippen LogP contribution in [-0.2, 0) is 9.53 Å². The minimum Gasteiger partial charge on any atom is -0.476 e. The van der Waals surface area contributed by atoms with Crippen LogP contribution in [0.15, 0.2) is 30.3 Å². The van der Waals surface area contributed by atoms with Crippen molar-refractivity contribution in [2.75, 3.05) is 18.9 Å². The van der Waals surface area contributed by atoms with E-state index in [1.165, 1.54) is 0 Å². The molecule has 0 aliphatic rings. The van der Waals surface area contributed by atoms with Crippen molar-refractivity contribution in [3.05, 3.63) is 47.4 Å². The van der Waals surface area contributed by atoms with E-state index in [1.807, 2.05) is 0 Å². The first-order valence-corrected chi connectivity index (χ1v) is 8.02. The van der Waals surface area contributed by atoms with Crippen molar-refractivity contribution in [2.45, 2.75) is 26.7 Å². The van der Waals surface area contributed by atoms with Gasteiger partial charge in [-0.1, -0.05) is 30.3 Å². The molecule has 0 radical (unpaired) electrons. The lowest BCUT2D eigenvalue weighted by Gasteiger charge is -2.18. The first-order valence-electron chi connectivity index (χ1n) is 8.02. The van der Waals surface area contributed by atoms with Crippen LogP contribution in [0.25, 0.3) is 0 Å². The Morgan fingerprint density at radius 1 is 1.12 bits per heavy atom. The zero-order valence-electron chi connectivity index (χ0n) is 14.5. The number of nitrogens with two attached hydrogens (primary N) is 1. The smallest absolute Gasteiger partial charge is 0.323 e. The van der Waals surface area contributed by atoms with E-state index in [9.17, 15) is 9.59 Å². The molecule has 2 aromatic rings. The predicted octanol–water partition coefficient (Wildman–Crippen LogP) is 2.30. The lowest BCUT2D eigenvalue weighted by molar-refractivity contribution is -0.143. The number of hydrogen-bond acceptors (Lipinski definition) is 7. The summed E-state index contributed by atoms with van der Waals surface area (Å²) in [6, 6.07) is 8.47. The molecule has 1 heterocycles. The quantitative estimate of drug-likeness (QED) is 0.467. The summed E-state index contributed by atoms with van der Waals surface area (Å²) in [7, 11) is 0. The maximum absolute atomic E-state index is 12.9.